The lowest BCUT2D eigenvalue weighted by atomic mass is 10.1. The van der Waals surface area contributed by atoms with Crippen molar-refractivity contribution in [2.24, 2.45) is 0 Å². The number of rotatable bonds is 3. The fraction of sp³-hybridized carbons (Fsp3) is 0.231. The molecule has 2 rings (SSSR count). The van der Waals surface area contributed by atoms with Gasteiger partial charge < -0.3 is 15.4 Å². The number of anilines is 1. The van der Waals surface area contributed by atoms with Gasteiger partial charge in [0, 0.05) is 17.9 Å². The van der Waals surface area contributed by atoms with Crippen molar-refractivity contribution in [2.45, 2.75) is 20.4 Å². The number of nitrogens with two attached hydrogens (primary N) is 1. The van der Waals surface area contributed by atoms with Crippen LogP contribution >= 0.6 is 0 Å². The fourth-order valence-electron chi connectivity index (χ4n) is 1.90. The summed E-state index contributed by atoms with van der Waals surface area (Å²) in [7, 11) is 0. The molecule has 0 fully saturated rings. The number of nitrogen functional groups attached to an aromatic ring is 1. The third kappa shape index (κ3) is 2.07. The highest BCUT2D eigenvalue weighted by molar-refractivity contribution is 5.95. The normalized spacial score (nSPS) is 10.6. The van der Waals surface area contributed by atoms with Crippen LogP contribution in [-0.4, -0.2) is 20.6 Å². The maximum absolute atomic E-state index is 11.2. The number of nitrogens with zero attached hydrogens (tertiary/aromatic N) is 2. The zero-order chi connectivity index (χ0) is 13.3. The summed E-state index contributed by atoms with van der Waals surface area (Å²) in [5, 5.41) is 9.19. The van der Waals surface area contributed by atoms with E-state index in [0.717, 1.165) is 11.4 Å². The third-order valence-electron chi connectivity index (χ3n) is 3.08. The lowest BCUT2D eigenvalue weighted by molar-refractivity contribution is 0.0696. The van der Waals surface area contributed by atoms with E-state index in [2.05, 4.69) is 4.98 Å². The molecule has 0 atom stereocenters. The van der Waals surface area contributed by atoms with Crippen LogP contribution in [0.5, 0.6) is 0 Å². The van der Waals surface area contributed by atoms with E-state index in [9.17, 15) is 9.90 Å². The van der Waals surface area contributed by atoms with Gasteiger partial charge in [-0.05, 0) is 25.5 Å². The average molecular weight is 245 g/mol. The molecule has 0 amide bonds. The zero-order valence-electron chi connectivity index (χ0n) is 10.3. The Morgan fingerprint density at radius 1 is 1.44 bits per heavy atom. The van der Waals surface area contributed by atoms with Gasteiger partial charge in [0.2, 0.25) is 0 Å². The van der Waals surface area contributed by atoms with E-state index in [1.165, 1.54) is 0 Å². The van der Waals surface area contributed by atoms with E-state index in [-0.39, 0.29) is 11.3 Å². The van der Waals surface area contributed by atoms with Crippen LogP contribution < -0.4 is 5.73 Å². The van der Waals surface area contributed by atoms with Crippen LogP contribution in [-0.2, 0) is 6.54 Å². The van der Waals surface area contributed by atoms with E-state index in [4.69, 9.17) is 5.73 Å². The Kier molecular flexibility index (Phi) is 3.06. The van der Waals surface area contributed by atoms with Crippen molar-refractivity contribution in [3.8, 4) is 0 Å². The molecule has 1 aromatic heterocycles. The number of carboxylic acids is 1. The van der Waals surface area contributed by atoms with Crippen LogP contribution in [0.25, 0.3) is 0 Å². The maximum atomic E-state index is 11.2. The van der Waals surface area contributed by atoms with Gasteiger partial charge in [0.25, 0.3) is 0 Å². The van der Waals surface area contributed by atoms with Gasteiger partial charge in [-0.15, -0.1) is 0 Å². The number of imidazole rings is 1. The number of hydrogen-bond donors (Lipinski definition) is 2. The monoisotopic (exact) mass is 245 g/mol. The molecule has 18 heavy (non-hydrogen) atoms. The highest BCUT2D eigenvalue weighted by Gasteiger charge is 2.14. The van der Waals surface area contributed by atoms with Crippen molar-refractivity contribution >= 4 is 11.7 Å². The molecule has 0 bridgehead atoms. The van der Waals surface area contributed by atoms with Gasteiger partial charge >= 0.3 is 5.97 Å². The number of aromatic carboxylic acids is 1. The first kappa shape index (κ1) is 12.2. The van der Waals surface area contributed by atoms with E-state index in [1.807, 2.05) is 18.4 Å². The Balaban J connectivity index is 2.44. The summed E-state index contributed by atoms with van der Waals surface area (Å²) in [5.74, 6) is -1.00. The molecule has 1 heterocycles. The van der Waals surface area contributed by atoms with Gasteiger partial charge in [0.1, 0.15) is 0 Å². The summed E-state index contributed by atoms with van der Waals surface area (Å²) in [4.78, 5) is 15.4. The van der Waals surface area contributed by atoms with Gasteiger partial charge in [-0.3, -0.25) is 0 Å². The van der Waals surface area contributed by atoms with Gasteiger partial charge in [-0.2, -0.15) is 0 Å². The number of aromatic nitrogens is 2. The van der Waals surface area contributed by atoms with Crippen molar-refractivity contribution in [3.05, 3.63) is 47.0 Å². The van der Waals surface area contributed by atoms with E-state index in [1.54, 1.807) is 24.5 Å². The minimum Gasteiger partial charge on any atom is -0.478 e. The Morgan fingerprint density at radius 2 is 2.17 bits per heavy atom. The van der Waals surface area contributed by atoms with Gasteiger partial charge in [-0.1, -0.05) is 12.1 Å². The summed E-state index contributed by atoms with van der Waals surface area (Å²) in [6.45, 7) is 4.33. The van der Waals surface area contributed by atoms with Crippen molar-refractivity contribution < 1.29 is 9.90 Å². The first-order valence-corrected chi connectivity index (χ1v) is 5.59. The number of benzene rings is 1. The molecule has 0 radical (unpaired) electrons. The Bertz CT molecular complexity index is 602. The summed E-state index contributed by atoms with van der Waals surface area (Å²) < 4.78 is 1.91. The molecule has 0 saturated heterocycles. The zero-order valence-corrected chi connectivity index (χ0v) is 10.3. The molecule has 0 aliphatic heterocycles. The van der Waals surface area contributed by atoms with Crippen LogP contribution in [0.4, 0.5) is 5.69 Å². The second kappa shape index (κ2) is 4.52. The lowest BCUT2D eigenvalue weighted by Gasteiger charge is -2.10. The van der Waals surface area contributed by atoms with Crippen molar-refractivity contribution in [3.63, 3.8) is 0 Å². The van der Waals surface area contributed by atoms with Crippen molar-refractivity contribution in [1.82, 2.24) is 9.55 Å². The minimum absolute atomic E-state index is 0.170. The lowest BCUT2D eigenvalue weighted by Crippen LogP contribution is -2.10. The van der Waals surface area contributed by atoms with Crippen LogP contribution in [0.1, 0.15) is 27.3 Å². The Hall–Kier alpha value is -2.30. The van der Waals surface area contributed by atoms with Crippen molar-refractivity contribution in [2.75, 3.05) is 5.73 Å². The number of carbonyl (C=O) groups is 1. The minimum atomic E-state index is -1.00. The SMILES string of the molecule is Cc1ncn(Cc2cccc(N)c2C(=O)O)c1C. The maximum Gasteiger partial charge on any atom is 0.338 e. The topological polar surface area (TPSA) is 81.1 Å². The van der Waals surface area contributed by atoms with E-state index >= 15 is 0 Å². The summed E-state index contributed by atoms with van der Waals surface area (Å²) >= 11 is 0. The molecule has 94 valence electrons. The molecule has 1 aromatic carbocycles. The van der Waals surface area contributed by atoms with E-state index < -0.39 is 5.97 Å². The molecule has 5 nitrogen and oxygen atoms in total. The molecular weight excluding hydrogens is 230 g/mol. The summed E-state index contributed by atoms with van der Waals surface area (Å²) in [6.07, 6.45) is 1.71. The Labute approximate surface area is 105 Å². The highest BCUT2D eigenvalue weighted by atomic mass is 16.4. The highest BCUT2D eigenvalue weighted by Crippen LogP contribution is 2.19. The van der Waals surface area contributed by atoms with Crippen molar-refractivity contribution in [1.29, 1.82) is 0 Å². The first-order chi connectivity index (χ1) is 8.50. The van der Waals surface area contributed by atoms with Crippen LogP contribution in [0.3, 0.4) is 0 Å². The van der Waals surface area contributed by atoms with Gasteiger partial charge in [0.05, 0.1) is 17.6 Å². The second-order valence-corrected chi connectivity index (χ2v) is 4.23. The predicted molar refractivity (Wildman–Crippen MR) is 68.6 cm³/mol. The number of carboxylic acid groups (broad SMARTS) is 1. The molecule has 0 spiro atoms. The first-order valence-electron chi connectivity index (χ1n) is 5.59. The molecule has 2 aromatic rings. The number of aryl methyl sites for hydroxylation is 1. The quantitative estimate of drug-likeness (QED) is 0.808. The fourth-order valence-corrected chi connectivity index (χ4v) is 1.90. The molecule has 0 aliphatic rings. The standard InChI is InChI=1S/C13H15N3O2/c1-8-9(2)16(7-15-8)6-10-4-3-5-11(14)12(10)13(17)18/h3-5,7H,6,14H2,1-2H3,(H,17,18). The molecule has 5 heteroatoms. The number of hydrogen-bond acceptors (Lipinski definition) is 3. The second-order valence-electron chi connectivity index (χ2n) is 4.23. The molecule has 0 unspecified atom stereocenters. The average Bonchev–Trinajstić information content (AvgIpc) is 2.60. The van der Waals surface area contributed by atoms with E-state index in [0.29, 0.717) is 12.1 Å². The van der Waals surface area contributed by atoms with Crippen LogP contribution in [0.15, 0.2) is 24.5 Å². The molecule has 0 aliphatic carbocycles. The van der Waals surface area contributed by atoms with Gasteiger partial charge in [0.15, 0.2) is 0 Å². The molecule has 3 N–H and O–H groups in total. The summed E-state index contributed by atoms with van der Waals surface area (Å²) in [6, 6.07) is 5.13. The van der Waals surface area contributed by atoms with Gasteiger partial charge in [-0.25, -0.2) is 9.78 Å². The third-order valence-corrected chi connectivity index (χ3v) is 3.08. The predicted octanol–water partition coefficient (Wildman–Crippen LogP) is 1.83. The smallest absolute Gasteiger partial charge is 0.338 e. The Morgan fingerprint density at radius 3 is 2.72 bits per heavy atom. The largest absolute Gasteiger partial charge is 0.478 e. The molecule has 0 saturated carbocycles. The summed E-state index contributed by atoms with van der Waals surface area (Å²) in [5.41, 5.74) is 8.82. The van der Waals surface area contributed by atoms with Crippen LogP contribution in [0, 0.1) is 13.8 Å². The van der Waals surface area contributed by atoms with Crippen LogP contribution in [0.2, 0.25) is 0 Å². The molecular formula is C13H15N3O2.